The van der Waals surface area contributed by atoms with Gasteiger partial charge in [0.2, 0.25) is 0 Å². The second-order valence-electron chi connectivity index (χ2n) is 2.90. The van der Waals surface area contributed by atoms with Crippen molar-refractivity contribution in [1.29, 1.82) is 0 Å². The van der Waals surface area contributed by atoms with Crippen molar-refractivity contribution in [3.63, 3.8) is 0 Å². The Labute approximate surface area is 89.0 Å². The molecule has 1 unspecified atom stereocenters. The Bertz CT molecular complexity index is 373. The SMILES string of the molecule is C#CC(C(=O)OC)c1ccc(OC)cc1. The lowest BCUT2D eigenvalue weighted by Crippen LogP contribution is -2.12. The van der Waals surface area contributed by atoms with Crippen molar-refractivity contribution in [2.24, 2.45) is 0 Å². The van der Waals surface area contributed by atoms with Crippen LogP contribution in [0.1, 0.15) is 11.5 Å². The number of rotatable bonds is 3. The molecule has 0 N–H and O–H groups in total. The van der Waals surface area contributed by atoms with Gasteiger partial charge in [-0.1, -0.05) is 18.1 Å². The normalized spacial score (nSPS) is 11.3. The summed E-state index contributed by atoms with van der Waals surface area (Å²) < 4.78 is 9.60. The molecule has 1 atom stereocenters. The predicted molar refractivity (Wildman–Crippen MR) is 56.6 cm³/mol. The Balaban J connectivity index is 2.94. The van der Waals surface area contributed by atoms with Crippen molar-refractivity contribution in [3.8, 4) is 18.1 Å². The molecule has 0 radical (unpaired) electrons. The molecule has 3 heteroatoms. The van der Waals surface area contributed by atoms with Crippen molar-refractivity contribution in [1.82, 2.24) is 0 Å². The summed E-state index contributed by atoms with van der Waals surface area (Å²) in [6.45, 7) is 0. The Morgan fingerprint density at radius 3 is 2.33 bits per heavy atom. The fourth-order valence-corrected chi connectivity index (χ4v) is 1.21. The Hall–Kier alpha value is -1.95. The highest BCUT2D eigenvalue weighted by Gasteiger charge is 2.18. The number of carbonyl (C=O) groups is 1. The molecule has 15 heavy (non-hydrogen) atoms. The lowest BCUT2D eigenvalue weighted by Gasteiger charge is -2.09. The van der Waals surface area contributed by atoms with Crippen LogP contribution in [0, 0.1) is 12.3 Å². The minimum Gasteiger partial charge on any atom is -0.497 e. The highest BCUT2D eigenvalue weighted by Crippen LogP contribution is 2.19. The topological polar surface area (TPSA) is 35.5 Å². The van der Waals surface area contributed by atoms with Crippen LogP contribution >= 0.6 is 0 Å². The highest BCUT2D eigenvalue weighted by molar-refractivity contribution is 5.81. The van der Waals surface area contributed by atoms with Gasteiger partial charge in [0.1, 0.15) is 11.7 Å². The molecule has 0 aliphatic rings. The maximum absolute atomic E-state index is 11.3. The second kappa shape index (κ2) is 5.06. The fourth-order valence-electron chi connectivity index (χ4n) is 1.21. The van der Waals surface area contributed by atoms with Crippen LogP contribution in [0.5, 0.6) is 5.75 Å². The molecule has 0 saturated carbocycles. The molecule has 0 aromatic heterocycles. The average Bonchev–Trinajstić information content (AvgIpc) is 2.30. The van der Waals surface area contributed by atoms with Crippen molar-refractivity contribution in [3.05, 3.63) is 29.8 Å². The van der Waals surface area contributed by atoms with Gasteiger partial charge in [-0.2, -0.15) is 0 Å². The molecule has 0 bridgehead atoms. The number of terminal acetylenes is 1. The van der Waals surface area contributed by atoms with Crippen molar-refractivity contribution in [2.75, 3.05) is 14.2 Å². The van der Waals surface area contributed by atoms with Crippen LogP contribution in [0.15, 0.2) is 24.3 Å². The largest absolute Gasteiger partial charge is 0.497 e. The first kappa shape index (κ1) is 11.1. The lowest BCUT2D eigenvalue weighted by atomic mass is 10.0. The van der Waals surface area contributed by atoms with Crippen LogP contribution in [-0.4, -0.2) is 20.2 Å². The summed E-state index contributed by atoms with van der Waals surface area (Å²) in [4.78, 5) is 11.3. The van der Waals surface area contributed by atoms with Gasteiger partial charge in [0, 0.05) is 0 Å². The molecular formula is C12H12O3. The monoisotopic (exact) mass is 204 g/mol. The molecule has 0 amide bonds. The van der Waals surface area contributed by atoms with E-state index in [2.05, 4.69) is 10.7 Å². The van der Waals surface area contributed by atoms with Crippen LogP contribution in [0.4, 0.5) is 0 Å². The summed E-state index contributed by atoms with van der Waals surface area (Å²) in [6, 6.07) is 7.01. The zero-order valence-electron chi connectivity index (χ0n) is 8.69. The number of benzene rings is 1. The number of esters is 1. The zero-order valence-corrected chi connectivity index (χ0v) is 8.69. The summed E-state index contributed by atoms with van der Waals surface area (Å²) in [6.07, 6.45) is 5.27. The number of ether oxygens (including phenoxy) is 2. The maximum atomic E-state index is 11.3. The predicted octanol–water partition coefficient (Wildman–Crippen LogP) is 1.58. The van der Waals surface area contributed by atoms with Crippen molar-refractivity contribution < 1.29 is 14.3 Å². The van der Waals surface area contributed by atoms with E-state index in [0.717, 1.165) is 11.3 Å². The zero-order chi connectivity index (χ0) is 11.3. The van der Waals surface area contributed by atoms with Gasteiger partial charge >= 0.3 is 5.97 Å². The molecule has 0 fully saturated rings. The van der Waals surface area contributed by atoms with Gasteiger partial charge in [-0.15, -0.1) is 6.42 Å². The fraction of sp³-hybridized carbons (Fsp3) is 0.250. The quantitative estimate of drug-likeness (QED) is 0.554. The molecule has 78 valence electrons. The lowest BCUT2D eigenvalue weighted by molar-refractivity contribution is -0.140. The van der Waals surface area contributed by atoms with Crippen LogP contribution < -0.4 is 4.74 Å². The van der Waals surface area contributed by atoms with E-state index in [0.29, 0.717) is 0 Å². The summed E-state index contributed by atoms with van der Waals surface area (Å²) in [5.41, 5.74) is 0.727. The molecule has 0 saturated heterocycles. The van der Waals surface area contributed by atoms with Gasteiger partial charge in [0.15, 0.2) is 0 Å². The van der Waals surface area contributed by atoms with E-state index in [1.807, 2.05) is 0 Å². The molecule has 0 aliphatic heterocycles. The van der Waals surface area contributed by atoms with E-state index in [4.69, 9.17) is 11.2 Å². The molecule has 1 rings (SSSR count). The average molecular weight is 204 g/mol. The first-order valence-corrected chi connectivity index (χ1v) is 4.40. The molecule has 0 aliphatic carbocycles. The number of carbonyl (C=O) groups excluding carboxylic acids is 1. The van der Waals surface area contributed by atoms with E-state index >= 15 is 0 Å². The maximum Gasteiger partial charge on any atom is 0.325 e. The van der Waals surface area contributed by atoms with Crippen LogP contribution in [-0.2, 0) is 9.53 Å². The van der Waals surface area contributed by atoms with Crippen LogP contribution in [0.25, 0.3) is 0 Å². The number of hydrogen-bond acceptors (Lipinski definition) is 3. The van der Waals surface area contributed by atoms with Gasteiger partial charge in [-0.25, -0.2) is 0 Å². The molecule has 1 aromatic carbocycles. The minimum atomic E-state index is -0.652. The van der Waals surface area contributed by atoms with E-state index in [1.54, 1.807) is 31.4 Å². The third-order valence-electron chi connectivity index (χ3n) is 2.05. The Kier molecular flexibility index (Phi) is 3.75. The van der Waals surface area contributed by atoms with E-state index in [-0.39, 0.29) is 0 Å². The van der Waals surface area contributed by atoms with Crippen LogP contribution in [0.3, 0.4) is 0 Å². The summed E-state index contributed by atoms with van der Waals surface area (Å²) in [5.74, 6) is 2.03. The van der Waals surface area contributed by atoms with Gasteiger partial charge in [-0.05, 0) is 17.7 Å². The third kappa shape index (κ3) is 2.50. The molecule has 0 heterocycles. The second-order valence-corrected chi connectivity index (χ2v) is 2.90. The Morgan fingerprint density at radius 2 is 1.93 bits per heavy atom. The summed E-state index contributed by atoms with van der Waals surface area (Å²) in [7, 11) is 2.89. The highest BCUT2D eigenvalue weighted by atomic mass is 16.5. The third-order valence-corrected chi connectivity index (χ3v) is 2.05. The number of hydrogen-bond donors (Lipinski definition) is 0. The molecule has 3 nitrogen and oxygen atoms in total. The van der Waals surface area contributed by atoms with Gasteiger partial charge in [-0.3, -0.25) is 4.79 Å². The van der Waals surface area contributed by atoms with Gasteiger partial charge in [0.05, 0.1) is 14.2 Å². The van der Waals surface area contributed by atoms with E-state index < -0.39 is 11.9 Å². The minimum absolute atomic E-state index is 0.428. The summed E-state index contributed by atoms with van der Waals surface area (Å²) in [5, 5.41) is 0. The first-order valence-electron chi connectivity index (χ1n) is 4.40. The van der Waals surface area contributed by atoms with Crippen LogP contribution in [0.2, 0.25) is 0 Å². The van der Waals surface area contributed by atoms with Gasteiger partial charge < -0.3 is 9.47 Å². The molecule has 1 aromatic rings. The molecule has 0 spiro atoms. The molecular weight excluding hydrogens is 192 g/mol. The van der Waals surface area contributed by atoms with Crippen molar-refractivity contribution in [2.45, 2.75) is 5.92 Å². The summed E-state index contributed by atoms with van der Waals surface area (Å²) >= 11 is 0. The van der Waals surface area contributed by atoms with Crippen molar-refractivity contribution >= 4 is 5.97 Å². The van der Waals surface area contributed by atoms with E-state index in [9.17, 15) is 4.79 Å². The number of methoxy groups -OCH3 is 2. The van der Waals surface area contributed by atoms with E-state index in [1.165, 1.54) is 7.11 Å². The van der Waals surface area contributed by atoms with Gasteiger partial charge in [0.25, 0.3) is 0 Å². The smallest absolute Gasteiger partial charge is 0.325 e. The standard InChI is InChI=1S/C12H12O3/c1-4-11(12(13)15-3)9-5-7-10(14-2)8-6-9/h1,5-8,11H,2-3H3. The first-order chi connectivity index (χ1) is 7.22. The Morgan fingerprint density at radius 1 is 1.33 bits per heavy atom.